The molecule has 0 amide bonds. The molecule has 0 fully saturated rings. The van der Waals surface area contributed by atoms with Crippen molar-refractivity contribution in [1.82, 2.24) is 9.97 Å². The molecule has 0 saturated heterocycles. The quantitative estimate of drug-likeness (QED) is 0.790. The molecule has 0 N–H and O–H groups in total. The summed E-state index contributed by atoms with van der Waals surface area (Å²) >= 11 is 6.21. The van der Waals surface area contributed by atoms with Gasteiger partial charge in [-0.3, -0.25) is 0 Å². The molecule has 0 bridgehead atoms. The number of ether oxygens (including phenoxy) is 1. The number of nitrogens with zero attached hydrogens (tertiary/aromatic N) is 2. The molecule has 3 rings (SSSR count). The number of fused-ring (bicyclic) bond motifs is 1. The highest BCUT2D eigenvalue weighted by Crippen LogP contribution is 2.22. The van der Waals surface area contributed by atoms with Crippen LogP contribution < -0.4 is 0 Å². The average Bonchev–Trinajstić information content (AvgIpc) is 2.39. The molecule has 0 unspecified atom stereocenters. The first-order valence-electron chi connectivity index (χ1n) is 6.40. The van der Waals surface area contributed by atoms with Crippen molar-refractivity contribution in [2.75, 3.05) is 6.61 Å². The Morgan fingerprint density at radius 3 is 3.05 bits per heavy atom. The molecule has 1 aromatic carbocycles. The molecule has 2 aromatic rings. The number of aromatic nitrogens is 2. The van der Waals surface area contributed by atoms with E-state index in [2.05, 4.69) is 41.2 Å². The first-order chi connectivity index (χ1) is 9.22. The number of rotatable bonds is 2. The molecule has 0 radical (unpaired) electrons. The second kappa shape index (κ2) is 5.27. The van der Waals surface area contributed by atoms with Crippen molar-refractivity contribution in [3.8, 4) is 0 Å². The van der Waals surface area contributed by atoms with Crippen LogP contribution in [0.2, 0.25) is 5.15 Å². The van der Waals surface area contributed by atoms with Gasteiger partial charge in [0.15, 0.2) is 0 Å². The van der Waals surface area contributed by atoms with Crippen molar-refractivity contribution in [1.29, 1.82) is 0 Å². The van der Waals surface area contributed by atoms with E-state index in [4.69, 9.17) is 16.3 Å². The monoisotopic (exact) mass is 274 g/mol. The third-order valence-corrected chi connectivity index (χ3v) is 3.58. The summed E-state index contributed by atoms with van der Waals surface area (Å²) in [6, 6.07) is 8.38. The minimum absolute atomic E-state index is 0.527. The maximum Gasteiger partial charge on any atom is 0.138 e. The highest BCUT2D eigenvalue weighted by Gasteiger charge is 2.17. The Bertz CT molecular complexity index is 613. The van der Waals surface area contributed by atoms with E-state index in [-0.39, 0.29) is 0 Å². The van der Waals surface area contributed by atoms with Gasteiger partial charge in [0.2, 0.25) is 0 Å². The molecule has 19 heavy (non-hydrogen) atoms. The zero-order valence-corrected chi connectivity index (χ0v) is 11.6. The molecule has 2 heterocycles. The lowest BCUT2D eigenvalue weighted by atomic mass is 10.1. The molecule has 1 aromatic heterocycles. The van der Waals surface area contributed by atoms with Gasteiger partial charge >= 0.3 is 0 Å². The molecule has 0 atom stereocenters. The van der Waals surface area contributed by atoms with Gasteiger partial charge in [-0.15, -0.1) is 0 Å². The van der Waals surface area contributed by atoms with Crippen LogP contribution in [0.25, 0.3) is 0 Å². The third kappa shape index (κ3) is 2.77. The van der Waals surface area contributed by atoms with Gasteiger partial charge in [-0.25, -0.2) is 9.97 Å². The summed E-state index contributed by atoms with van der Waals surface area (Å²) in [4.78, 5) is 9.01. The van der Waals surface area contributed by atoms with Crippen molar-refractivity contribution in [3.63, 3.8) is 0 Å². The summed E-state index contributed by atoms with van der Waals surface area (Å²) in [6.45, 7) is 3.32. The first-order valence-corrected chi connectivity index (χ1v) is 6.77. The Labute approximate surface area is 117 Å². The van der Waals surface area contributed by atoms with E-state index < -0.39 is 0 Å². The predicted octanol–water partition coefficient (Wildman–Crippen LogP) is 3.10. The lowest BCUT2D eigenvalue weighted by molar-refractivity contribution is 0.109. The van der Waals surface area contributed by atoms with Crippen LogP contribution in [0.5, 0.6) is 0 Å². The highest BCUT2D eigenvalue weighted by atomic mass is 35.5. The molecular weight excluding hydrogens is 260 g/mol. The fourth-order valence-electron chi connectivity index (χ4n) is 2.32. The van der Waals surface area contributed by atoms with Crippen LogP contribution in [0.3, 0.4) is 0 Å². The zero-order chi connectivity index (χ0) is 13.2. The van der Waals surface area contributed by atoms with Gasteiger partial charge in [-0.05, 0) is 12.5 Å². The highest BCUT2D eigenvalue weighted by molar-refractivity contribution is 6.30. The van der Waals surface area contributed by atoms with Gasteiger partial charge in [0, 0.05) is 18.4 Å². The second-order valence-electron chi connectivity index (χ2n) is 4.82. The van der Waals surface area contributed by atoms with E-state index >= 15 is 0 Å². The fourth-order valence-corrected chi connectivity index (χ4v) is 2.59. The van der Waals surface area contributed by atoms with Crippen molar-refractivity contribution in [3.05, 3.63) is 57.6 Å². The smallest absolute Gasteiger partial charge is 0.138 e. The summed E-state index contributed by atoms with van der Waals surface area (Å²) in [5, 5.41) is 0.535. The lowest BCUT2D eigenvalue weighted by Gasteiger charge is -2.17. The molecule has 0 aliphatic carbocycles. The van der Waals surface area contributed by atoms with Crippen LogP contribution >= 0.6 is 11.6 Å². The molecule has 0 spiro atoms. The molecule has 0 saturated carbocycles. The lowest BCUT2D eigenvalue weighted by Crippen LogP contribution is -2.15. The number of aryl methyl sites for hydroxylation is 1. The SMILES string of the molecule is Cc1cccc(Cc2nc(Cl)c3c(n2)CCOC3)c1. The zero-order valence-electron chi connectivity index (χ0n) is 10.8. The summed E-state index contributed by atoms with van der Waals surface area (Å²) in [7, 11) is 0. The summed E-state index contributed by atoms with van der Waals surface area (Å²) in [6.07, 6.45) is 1.54. The maximum atomic E-state index is 6.21. The van der Waals surface area contributed by atoms with Gasteiger partial charge in [0.25, 0.3) is 0 Å². The predicted molar refractivity (Wildman–Crippen MR) is 74.4 cm³/mol. The van der Waals surface area contributed by atoms with E-state index in [0.717, 1.165) is 29.9 Å². The van der Waals surface area contributed by atoms with E-state index in [1.165, 1.54) is 11.1 Å². The minimum Gasteiger partial charge on any atom is -0.376 e. The van der Waals surface area contributed by atoms with Crippen LogP contribution in [-0.2, 0) is 24.2 Å². The molecule has 98 valence electrons. The van der Waals surface area contributed by atoms with Gasteiger partial charge in [0.05, 0.1) is 18.9 Å². The van der Waals surface area contributed by atoms with Gasteiger partial charge in [-0.1, -0.05) is 41.4 Å². The molecule has 4 heteroatoms. The summed E-state index contributed by atoms with van der Waals surface area (Å²) in [5.74, 6) is 0.788. The first kappa shape index (κ1) is 12.6. The molecule has 1 aliphatic heterocycles. The van der Waals surface area contributed by atoms with Crippen molar-refractivity contribution < 1.29 is 4.74 Å². The molecule has 3 nitrogen and oxygen atoms in total. The Kier molecular flexibility index (Phi) is 3.49. The van der Waals surface area contributed by atoms with E-state index in [0.29, 0.717) is 18.4 Å². The summed E-state index contributed by atoms with van der Waals surface area (Å²) in [5.41, 5.74) is 4.44. The van der Waals surface area contributed by atoms with Crippen LogP contribution in [0.1, 0.15) is 28.2 Å². The van der Waals surface area contributed by atoms with Crippen LogP contribution in [0.15, 0.2) is 24.3 Å². The van der Waals surface area contributed by atoms with E-state index in [9.17, 15) is 0 Å². The van der Waals surface area contributed by atoms with E-state index in [1.807, 2.05) is 0 Å². The number of hydrogen-bond donors (Lipinski definition) is 0. The normalized spacial score (nSPS) is 14.2. The fraction of sp³-hybridized carbons (Fsp3) is 0.333. The Hall–Kier alpha value is -1.45. The minimum atomic E-state index is 0.527. The maximum absolute atomic E-state index is 6.21. The summed E-state index contributed by atoms with van der Waals surface area (Å²) < 4.78 is 5.39. The van der Waals surface area contributed by atoms with E-state index in [1.54, 1.807) is 0 Å². The third-order valence-electron chi connectivity index (χ3n) is 3.26. The van der Waals surface area contributed by atoms with Crippen molar-refractivity contribution >= 4 is 11.6 Å². The Balaban J connectivity index is 1.91. The molecule has 1 aliphatic rings. The van der Waals surface area contributed by atoms with Gasteiger partial charge in [-0.2, -0.15) is 0 Å². The van der Waals surface area contributed by atoms with Crippen molar-refractivity contribution in [2.45, 2.75) is 26.4 Å². The van der Waals surface area contributed by atoms with Crippen LogP contribution in [0, 0.1) is 6.92 Å². The van der Waals surface area contributed by atoms with Crippen molar-refractivity contribution in [2.24, 2.45) is 0 Å². The molecular formula is C15H15ClN2O. The average molecular weight is 275 g/mol. The largest absolute Gasteiger partial charge is 0.376 e. The Morgan fingerprint density at radius 1 is 1.32 bits per heavy atom. The van der Waals surface area contributed by atoms with Crippen LogP contribution in [-0.4, -0.2) is 16.6 Å². The van der Waals surface area contributed by atoms with Crippen LogP contribution in [0.4, 0.5) is 0 Å². The topological polar surface area (TPSA) is 35.0 Å². The van der Waals surface area contributed by atoms with Gasteiger partial charge in [0.1, 0.15) is 11.0 Å². The number of benzene rings is 1. The second-order valence-corrected chi connectivity index (χ2v) is 5.18. The standard InChI is InChI=1S/C15H15ClN2O/c1-10-3-2-4-11(7-10)8-14-17-13-5-6-19-9-12(13)15(16)18-14/h2-4,7H,5-6,8-9H2,1H3. The number of halogens is 1. The van der Waals surface area contributed by atoms with Gasteiger partial charge < -0.3 is 4.74 Å². The Morgan fingerprint density at radius 2 is 2.21 bits per heavy atom. The number of hydrogen-bond acceptors (Lipinski definition) is 3.